The minimum atomic E-state index is -0.545. The summed E-state index contributed by atoms with van der Waals surface area (Å²) in [5.41, 5.74) is -0.220. The predicted molar refractivity (Wildman–Crippen MR) is 65.8 cm³/mol. The minimum absolute atomic E-state index is 0.147. The first-order chi connectivity index (χ1) is 7.89. The first-order valence-corrected chi connectivity index (χ1v) is 6.21. The van der Waals surface area contributed by atoms with E-state index in [9.17, 15) is 9.90 Å². The van der Waals surface area contributed by atoms with Crippen molar-refractivity contribution in [2.45, 2.75) is 45.8 Å². The van der Waals surface area contributed by atoms with Crippen molar-refractivity contribution in [1.82, 2.24) is 10.6 Å². The van der Waals surface area contributed by atoms with E-state index in [0.29, 0.717) is 6.54 Å². The number of rotatable bonds is 4. The van der Waals surface area contributed by atoms with Gasteiger partial charge in [0.2, 0.25) is 0 Å². The van der Waals surface area contributed by atoms with Crippen molar-refractivity contribution in [3.05, 3.63) is 0 Å². The summed E-state index contributed by atoms with van der Waals surface area (Å²) < 4.78 is 5.39. The van der Waals surface area contributed by atoms with Crippen LogP contribution in [0.5, 0.6) is 0 Å². The Morgan fingerprint density at radius 2 is 2.18 bits per heavy atom. The Labute approximate surface area is 103 Å². The smallest absolute Gasteiger partial charge is 0.314 e. The molecule has 1 aliphatic heterocycles. The lowest BCUT2D eigenvalue weighted by Crippen LogP contribution is -2.45. The number of hydrogen-bond donors (Lipinski definition) is 3. The van der Waals surface area contributed by atoms with E-state index in [1.165, 1.54) is 0 Å². The molecule has 2 unspecified atom stereocenters. The van der Waals surface area contributed by atoms with E-state index >= 15 is 0 Å². The Kier molecular flexibility index (Phi) is 5.21. The molecule has 0 spiro atoms. The molecule has 3 N–H and O–H groups in total. The van der Waals surface area contributed by atoms with Gasteiger partial charge in [-0.15, -0.1) is 0 Å². The summed E-state index contributed by atoms with van der Waals surface area (Å²) in [4.78, 5) is 11.4. The molecule has 100 valence electrons. The van der Waals surface area contributed by atoms with E-state index in [0.717, 1.165) is 19.4 Å². The lowest BCUT2D eigenvalue weighted by atomic mass is 9.89. The number of hydrogen-bond acceptors (Lipinski definition) is 3. The Hall–Kier alpha value is -0.810. The Morgan fingerprint density at radius 1 is 1.47 bits per heavy atom. The molecule has 1 fully saturated rings. The van der Waals surface area contributed by atoms with Gasteiger partial charge in [-0.2, -0.15) is 0 Å². The Bertz CT molecular complexity index is 245. The number of carbonyl (C=O) groups is 1. The first kappa shape index (κ1) is 14.3. The van der Waals surface area contributed by atoms with Crippen molar-refractivity contribution < 1.29 is 14.6 Å². The molecule has 5 nitrogen and oxygen atoms in total. The summed E-state index contributed by atoms with van der Waals surface area (Å²) in [6, 6.07) is -0.246. The summed E-state index contributed by atoms with van der Waals surface area (Å²) in [5, 5.41) is 15.1. The van der Waals surface area contributed by atoms with Gasteiger partial charge in [0.25, 0.3) is 0 Å². The van der Waals surface area contributed by atoms with Crippen LogP contribution in [-0.4, -0.2) is 43.0 Å². The molecular formula is C12H24N2O3. The second-order valence-electron chi connectivity index (χ2n) is 5.61. The van der Waals surface area contributed by atoms with Crippen LogP contribution in [0, 0.1) is 5.41 Å². The largest absolute Gasteiger partial charge is 0.391 e. The van der Waals surface area contributed by atoms with Crippen LogP contribution in [0.3, 0.4) is 0 Å². The highest BCUT2D eigenvalue weighted by atomic mass is 16.5. The first-order valence-electron chi connectivity index (χ1n) is 6.21. The second-order valence-corrected chi connectivity index (χ2v) is 5.61. The topological polar surface area (TPSA) is 70.6 Å². The minimum Gasteiger partial charge on any atom is -0.391 e. The third-order valence-electron chi connectivity index (χ3n) is 2.97. The monoisotopic (exact) mass is 244 g/mol. The molecule has 0 aliphatic carbocycles. The van der Waals surface area contributed by atoms with Gasteiger partial charge in [-0.25, -0.2) is 4.79 Å². The Balaban J connectivity index is 2.12. The quantitative estimate of drug-likeness (QED) is 0.687. The fraction of sp³-hybridized carbons (Fsp3) is 0.917. The summed E-state index contributed by atoms with van der Waals surface area (Å²) in [5.74, 6) is 0. The number of aliphatic hydroxyl groups excluding tert-OH is 1. The molecule has 0 bridgehead atoms. The number of nitrogens with one attached hydrogen (secondary N) is 2. The van der Waals surface area contributed by atoms with Crippen LogP contribution >= 0.6 is 0 Å². The molecule has 17 heavy (non-hydrogen) atoms. The maximum atomic E-state index is 11.4. The van der Waals surface area contributed by atoms with Crippen LogP contribution in [0.2, 0.25) is 0 Å². The molecule has 1 aliphatic rings. The summed E-state index contributed by atoms with van der Waals surface area (Å²) in [6.45, 7) is 7.39. The van der Waals surface area contributed by atoms with Crippen molar-refractivity contribution in [1.29, 1.82) is 0 Å². The molecule has 0 radical (unpaired) electrons. The maximum Gasteiger partial charge on any atom is 0.314 e. The van der Waals surface area contributed by atoms with Gasteiger partial charge in [-0.1, -0.05) is 20.8 Å². The van der Waals surface area contributed by atoms with Gasteiger partial charge in [0.15, 0.2) is 0 Å². The summed E-state index contributed by atoms with van der Waals surface area (Å²) in [7, 11) is 0. The zero-order chi connectivity index (χ0) is 12.9. The average Bonchev–Trinajstić information content (AvgIpc) is 2.74. The van der Waals surface area contributed by atoms with Crippen LogP contribution in [0.25, 0.3) is 0 Å². The third-order valence-corrected chi connectivity index (χ3v) is 2.97. The Morgan fingerprint density at radius 3 is 2.71 bits per heavy atom. The molecule has 2 amide bonds. The van der Waals surface area contributed by atoms with Gasteiger partial charge in [-0.3, -0.25) is 0 Å². The van der Waals surface area contributed by atoms with Gasteiger partial charge >= 0.3 is 6.03 Å². The average molecular weight is 244 g/mol. The van der Waals surface area contributed by atoms with E-state index in [2.05, 4.69) is 10.6 Å². The lowest BCUT2D eigenvalue weighted by Gasteiger charge is -2.26. The number of aliphatic hydroxyl groups is 1. The number of amides is 2. The van der Waals surface area contributed by atoms with Gasteiger partial charge in [-0.05, 0) is 18.3 Å². The van der Waals surface area contributed by atoms with Crippen molar-refractivity contribution in [3.8, 4) is 0 Å². The van der Waals surface area contributed by atoms with Crippen LogP contribution in [0.15, 0.2) is 0 Å². The van der Waals surface area contributed by atoms with Gasteiger partial charge < -0.3 is 20.5 Å². The third kappa shape index (κ3) is 5.37. The van der Waals surface area contributed by atoms with Crippen molar-refractivity contribution >= 4 is 6.03 Å². The summed E-state index contributed by atoms with van der Waals surface area (Å²) in [6.07, 6.45) is 1.67. The van der Waals surface area contributed by atoms with Gasteiger partial charge in [0.1, 0.15) is 0 Å². The van der Waals surface area contributed by atoms with Gasteiger partial charge in [0.05, 0.1) is 12.2 Å². The van der Waals surface area contributed by atoms with E-state index in [-0.39, 0.29) is 24.1 Å². The van der Waals surface area contributed by atoms with E-state index in [1.807, 2.05) is 20.8 Å². The highest BCUT2D eigenvalue weighted by Gasteiger charge is 2.22. The normalized spacial score (nSPS) is 22.2. The second kappa shape index (κ2) is 6.21. The van der Waals surface area contributed by atoms with Crippen LogP contribution in [-0.2, 0) is 4.74 Å². The lowest BCUT2D eigenvalue weighted by molar-refractivity contribution is 0.0646. The van der Waals surface area contributed by atoms with Crippen LogP contribution in [0.4, 0.5) is 4.79 Å². The fourth-order valence-corrected chi connectivity index (χ4v) is 1.57. The molecule has 1 saturated heterocycles. The molecular weight excluding hydrogens is 220 g/mol. The fourth-order valence-electron chi connectivity index (χ4n) is 1.57. The number of carbonyl (C=O) groups excluding carboxylic acids is 1. The zero-order valence-electron chi connectivity index (χ0n) is 11.0. The highest BCUT2D eigenvalue weighted by Crippen LogP contribution is 2.18. The van der Waals surface area contributed by atoms with E-state index < -0.39 is 6.10 Å². The van der Waals surface area contributed by atoms with E-state index in [1.54, 1.807) is 0 Å². The SMILES string of the molecule is CC(C)(C)C(O)CNC(=O)NCC1CCCO1. The molecule has 1 heterocycles. The molecule has 1 rings (SSSR count). The molecule has 0 saturated carbocycles. The number of ether oxygens (including phenoxy) is 1. The standard InChI is InChI=1S/C12H24N2O3/c1-12(2,3)10(15)8-14-11(16)13-7-9-5-4-6-17-9/h9-10,15H,4-8H2,1-3H3,(H2,13,14,16). The van der Waals surface area contributed by atoms with Gasteiger partial charge in [0, 0.05) is 19.7 Å². The summed E-state index contributed by atoms with van der Waals surface area (Å²) >= 11 is 0. The van der Waals surface area contributed by atoms with Crippen LogP contribution in [0.1, 0.15) is 33.6 Å². The number of urea groups is 1. The maximum absolute atomic E-state index is 11.4. The predicted octanol–water partition coefficient (Wildman–Crippen LogP) is 0.872. The molecule has 0 aromatic rings. The highest BCUT2D eigenvalue weighted by molar-refractivity contribution is 5.73. The molecule has 0 aromatic carbocycles. The molecule has 2 atom stereocenters. The van der Waals surface area contributed by atoms with Crippen molar-refractivity contribution in [3.63, 3.8) is 0 Å². The van der Waals surface area contributed by atoms with Crippen molar-refractivity contribution in [2.75, 3.05) is 19.7 Å². The molecule has 0 aromatic heterocycles. The van der Waals surface area contributed by atoms with E-state index in [4.69, 9.17) is 4.74 Å². The molecule has 5 heteroatoms. The van der Waals surface area contributed by atoms with Crippen molar-refractivity contribution in [2.24, 2.45) is 5.41 Å². The van der Waals surface area contributed by atoms with Crippen LogP contribution < -0.4 is 10.6 Å². The zero-order valence-corrected chi connectivity index (χ0v) is 11.0.